The number of pyridine rings is 1. The van der Waals surface area contributed by atoms with Crippen LogP contribution in [-0.4, -0.2) is 24.4 Å². The van der Waals surface area contributed by atoms with Gasteiger partial charge in [-0.3, -0.25) is 14.6 Å². The van der Waals surface area contributed by atoms with Crippen molar-refractivity contribution in [2.24, 2.45) is 0 Å². The van der Waals surface area contributed by atoms with Gasteiger partial charge in [-0.1, -0.05) is 15.9 Å². The Labute approximate surface area is 113 Å². The van der Waals surface area contributed by atoms with Gasteiger partial charge in [0.1, 0.15) is 0 Å². The lowest BCUT2D eigenvalue weighted by atomic mass is 10.1. The second-order valence-electron chi connectivity index (χ2n) is 3.40. The van der Waals surface area contributed by atoms with Crippen LogP contribution in [0.2, 0.25) is 0 Å². The van der Waals surface area contributed by atoms with Gasteiger partial charge in [0.2, 0.25) is 5.88 Å². The number of H-pyrrole nitrogens is 1. The summed E-state index contributed by atoms with van der Waals surface area (Å²) in [5, 5.41) is -0.0263. The summed E-state index contributed by atoms with van der Waals surface area (Å²) in [6.07, 6.45) is -5.26. The zero-order valence-corrected chi connectivity index (χ0v) is 11.2. The lowest BCUT2D eigenvalue weighted by Gasteiger charge is -2.14. The van der Waals surface area contributed by atoms with Gasteiger partial charge in [-0.2, -0.15) is 0 Å². The normalized spacial score (nSPS) is 11.2. The fourth-order valence-electron chi connectivity index (χ4n) is 1.35. The molecule has 1 N–H and O–H groups in total. The van der Waals surface area contributed by atoms with Crippen molar-refractivity contribution in [3.05, 3.63) is 27.5 Å². The Morgan fingerprint density at radius 1 is 1.47 bits per heavy atom. The fourth-order valence-corrected chi connectivity index (χ4v) is 1.96. The summed E-state index contributed by atoms with van der Waals surface area (Å²) >= 11 is 2.98. The average molecular weight is 344 g/mol. The standard InChI is InChI=1S/C10H9BrF3NO4/c1-18-8(17)3-5-2-7(16)15-9(6(5)4-11)19-10(12,13)14/h2H,3-4H2,1H3,(H,15,16). The number of hydrogen-bond donors (Lipinski definition) is 1. The molecule has 0 fully saturated rings. The second kappa shape index (κ2) is 6.09. The molecule has 0 saturated heterocycles. The minimum atomic E-state index is -4.94. The Hall–Kier alpha value is -1.51. The summed E-state index contributed by atoms with van der Waals surface area (Å²) in [5.41, 5.74) is -0.670. The summed E-state index contributed by atoms with van der Waals surface area (Å²) in [7, 11) is 1.14. The number of nitrogens with one attached hydrogen (secondary N) is 1. The molecule has 9 heteroatoms. The number of alkyl halides is 4. The Kier molecular flexibility index (Phi) is 4.98. The maximum absolute atomic E-state index is 12.2. The molecule has 5 nitrogen and oxygen atoms in total. The van der Waals surface area contributed by atoms with Crippen molar-refractivity contribution >= 4 is 21.9 Å². The molecule has 1 aromatic rings. The van der Waals surface area contributed by atoms with Crippen molar-refractivity contribution < 1.29 is 27.4 Å². The zero-order chi connectivity index (χ0) is 14.6. The van der Waals surface area contributed by atoms with Crippen LogP contribution >= 0.6 is 15.9 Å². The smallest absolute Gasteiger partial charge is 0.469 e. The van der Waals surface area contributed by atoms with Gasteiger partial charge in [0.15, 0.2) is 0 Å². The fraction of sp³-hybridized carbons (Fsp3) is 0.400. The van der Waals surface area contributed by atoms with E-state index in [1.54, 1.807) is 0 Å². The largest absolute Gasteiger partial charge is 0.574 e. The number of methoxy groups -OCH3 is 1. The molecule has 0 amide bonds. The van der Waals surface area contributed by atoms with Gasteiger partial charge in [0.05, 0.1) is 13.5 Å². The van der Waals surface area contributed by atoms with E-state index in [2.05, 4.69) is 25.4 Å². The van der Waals surface area contributed by atoms with E-state index in [4.69, 9.17) is 0 Å². The van der Waals surface area contributed by atoms with E-state index >= 15 is 0 Å². The first kappa shape index (κ1) is 15.5. The third-order valence-electron chi connectivity index (χ3n) is 2.12. The number of halogens is 4. The molecule has 1 rings (SSSR count). The number of esters is 1. The van der Waals surface area contributed by atoms with Crippen molar-refractivity contribution in [1.29, 1.82) is 0 Å². The van der Waals surface area contributed by atoms with Gasteiger partial charge in [-0.15, -0.1) is 13.2 Å². The molecule has 1 heterocycles. The van der Waals surface area contributed by atoms with Crippen LogP contribution in [0.1, 0.15) is 11.1 Å². The molecule has 0 aromatic carbocycles. The van der Waals surface area contributed by atoms with Gasteiger partial charge in [-0.05, 0) is 5.56 Å². The summed E-state index contributed by atoms with van der Waals surface area (Å²) in [4.78, 5) is 24.3. The summed E-state index contributed by atoms with van der Waals surface area (Å²) in [5.74, 6) is -1.42. The number of ether oxygens (including phenoxy) is 2. The average Bonchev–Trinajstić information content (AvgIpc) is 2.26. The number of rotatable bonds is 4. The lowest BCUT2D eigenvalue weighted by molar-refractivity contribution is -0.276. The van der Waals surface area contributed by atoms with Crippen LogP contribution in [0.5, 0.6) is 5.88 Å². The van der Waals surface area contributed by atoms with E-state index < -0.39 is 23.8 Å². The molecule has 0 saturated carbocycles. The highest BCUT2D eigenvalue weighted by atomic mass is 79.9. The second-order valence-corrected chi connectivity index (χ2v) is 3.96. The summed E-state index contributed by atoms with van der Waals surface area (Å²) < 4.78 is 44.7. The summed E-state index contributed by atoms with van der Waals surface area (Å²) in [6.45, 7) is 0. The molecule has 0 aliphatic rings. The van der Waals surface area contributed by atoms with Crippen LogP contribution < -0.4 is 10.3 Å². The zero-order valence-electron chi connectivity index (χ0n) is 9.64. The van der Waals surface area contributed by atoms with Crippen LogP contribution in [0.15, 0.2) is 10.9 Å². The monoisotopic (exact) mass is 343 g/mol. The SMILES string of the molecule is COC(=O)Cc1cc(=O)[nH]c(OC(F)(F)F)c1CBr. The molecular formula is C10H9BrF3NO4. The Morgan fingerprint density at radius 2 is 2.11 bits per heavy atom. The molecule has 0 spiro atoms. The molecule has 19 heavy (non-hydrogen) atoms. The van der Waals surface area contributed by atoms with E-state index in [0.29, 0.717) is 0 Å². The quantitative estimate of drug-likeness (QED) is 0.669. The first-order valence-corrected chi connectivity index (χ1v) is 6.02. The van der Waals surface area contributed by atoms with Crippen LogP contribution in [0, 0.1) is 0 Å². The van der Waals surface area contributed by atoms with Crippen molar-refractivity contribution in [2.75, 3.05) is 7.11 Å². The van der Waals surface area contributed by atoms with Crippen LogP contribution in [0.4, 0.5) is 13.2 Å². The maximum Gasteiger partial charge on any atom is 0.574 e. The van der Waals surface area contributed by atoms with E-state index in [1.807, 2.05) is 4.98 Å². The molecule has 106 valence electrons. The maximum atomic E-state index is 12.2. The molecule has 1 aromatic heterocycles. The Balaban J connectivity index is 3.24. The van der Waals surface area contributed by atoms with Gasteiger partial charge >= 0.3 is 12.3 Å². The number of carbonyl (C=O) groups is 1. The predicted octanol–water partition coefficient (Wildman–Crippen LogP) is 1.88. The molecular weight excluding hydrogens is 335 g/mol. The van der Waals surface area contributed by atoms with Crippen LogP contribution in [0.25, 0.3) is 0 Å². The lowest BCUT2D eigenvalue weighted by Crippen LogP contribution is -2.22. The van der Waals surface area contributed by atoms with E-state index in [1.165, 1.54) is 0 Å². The molecule has 0 radical (unpaired) electrons. The van der Waals surface area contributed by atoms with Gasteiger partial charge in [-0.25, -0.2) is 0 Å². The number of carbonyl (C=O) groups excluding carboxylic acids is 1. The van der Waals surface area contributed by atoms with Crippen molar-refractivity contribution in [2.45, 2.75) is 18.1 Å². The highest BCUT2D eigenvalue weighted by molar-refractivity contribution is 9.08. The Bertz CT molecular complexity index is 526. The van der Waals surface area contributed by atoms with Gasteiger partial charge < -0.3 is 9.47 Å². The van der Waals surface area contributed by atoms with Crippen LogP contribution in [0.3, 0.4) is 0 Å². The number of aromatic nitrogens is 1. The molecule has 0 bridgehead atoms. The minimum absolute atomic E-state index is 0.0263. The number of hydrogen-bond acceptors (Lipinski definition) is 4. The van der Waals surface area contributed by atoms with E-state index in [9.17, 15) is 22.8 Å². The van der Waals surface area contributed by atoms with E-state index in [0.717, 1.165) is 13.2 Å². The number of aromatic amines is 1. The molecule has 0 aliphatic carbocycles. The molecule has 0 atom stereocenters. The van der Waals surface area contributed by atoms with E-state index in [-0.39, 0.29) is 22.9 Å². The summed E-state index contributed by atoms with van der Waals surface area (Å²) in [6, 6.07) is 1.02. The van der Waals surface area contributed by atoms with Gasteiger partial charge in [0, 0.05) is 17.0 Å². The van der Waals surface area contributed by atoms with Gasteiger partial charge in [0.25, 0.3) is 5.56 Å². The van der Waals surface area contributed by atoms with Crippen molar-refractivity contribution in [3.8, 4) is 5.88 Å². The third kappa shape index (κ3) is 4.58. The Morgan fingerprint density at radius 3 is 2.58 bits per heavy atom. The predicted molar refractivity (Wildman–Crippen MR) is 62.1 cm³/mol. The first-order valence-electron chi connectivity index (χ1n) is 4.90. The molecule has 0 unspecified atom stereocenters. The van der Waals surface area contributed by atoms with Crippen molar-refractivity contribution in [3.63, 3.8) is 0 Å². The highest BCUT2D eigenvalue weighted by Gasteiger charge is 2.33. The highest BCUT2D eigenvalue weighted by Crippen LogP contribution is 2.27. The van der Waals surface area contributed by atoms with Crippen molar-refractivity contribution in [1.82, 2.24) is 4.98 Å². The first-order chi connectivity index (χ1) is 8.76. The third-order valence-corrected chi connectivity index (χ3v) is 2.68. The van der Waals surface area contributed by atoms with Crippen LogP contribution in [-0.2, 0) is 21.3 Å². The minimum Gasteiger partial charge on any atom is -0.469 e. The molecule has 0 aliphatic heterocycles. The topological polar surface area (TPSA) is 68.4 Å².